The normalized spacial score (nSPS) is 13.5. The highest BCUT2D eigenvalue weighted by Crippen LogP contribution is 2.58. The molecule has 0 unspecified atom stereocenters. The highest BCUT2D eigenvalue weighted by molar-refractivity contribution is 5.87. The maximum atomic E-state index is 16.2. The maximum absolute atomic E-state index is 16.2. The minimum Gasteiger partial charge on any atom is -0.304 e. The second-order valence-electron chi connectivity index (χ2n) is 16.6. The van der Waals surface area contributed by atoms with E-state index in [1.165, 1.54) is 0 Å². The van der Waals surface area contributed by atoms with E-state index in [2.05, 4.69) is 0 Å². The molecule has 0 amide bonds. The fourth-order valence-electron chi connectivity index (χ4n) is 8.14. The van der Waals surface area contributed by atoms with Crippen molar-refractivity contribution in [2.75, 3.05) is 9.80 Å². The van der Waals surface area contributed by atoms with Crippen LogP contribution in [0.4, 0.5) is 205 Å². The molecule has 6 aromatic carbocycles. The van der Waals surface area contributed by atoms with Crippen LogP contribution in [0.25, 0.3) is 11.1 Å². The van der Waals surface area contributed by atoms with Gasteiger partial charge >= 0.3 is 55.6 Å². The lowest BCUT2D eigenvalue weighted by atomic mass is 9.92. The molecule has 0 heterocycles. The maximum Gasteiger partial charge on any atom is 0.422 e. The van der Waals surface area contributed by atoms with Crippen LogP contribution in [0.1, 0.15) is 50.1 Å². The number of benzene rings is 6. The third kappa shape index (κ3) is 11.7. The molecule has 0 saturated carbocycles. The van der Waals surface area contributed by atoms with Crippen LogP contribution in [0.15, 0.2) is 42.5 Å². The second-order valence-corrected chi connectivity index (χ2v) is 16.6. The zero-order chi connectivity index (χ0) is 66.3. The van der Waals surface area contributed by atoms with Gasteiger partial charge in [0.2, 0.25) is 0 Å². The number of hydrogen-bond donors (Lipinski definition) is 0. The topological polar surface area (TPSA) is 6.48 Å². The first-order valence-electron chi connectivity index (χ1n) is 20.8. The van der Waals surface area contributed by atoms with Gasteiger partial charge in [0.1, 0.15) is 38.9 Å². The van der Waals surface area contributed by atoms with Crippen molar-refractivity contribution in [3.8, 4) is 11.1 Å². The molecule has 0 aliphatic rings. The summed E-state index contributed by atoms with van der Waals surface area (Å²) >= 11 is 0. The van der Waals surface area contributed by atoms with Gasteiger partial charge in [-0.3, -0.25) is 0 Å². The summed E-state index contributed by atoms with van der Waals surface area (Å²) in [5.41, 5.74) is -61.7. The standard InChI is InChI=1S/C45H7F39N2/c46-14-7-15(24(48)16(23(14)47)39(64,65)66)85(34-20(43(76,77)78)28(52)25(49)17(31(34)55)40(67,68)69)8-1-3-10(12(5-8)37(58,59)60)11-4-2-9(6-13(11)38(61,62)63)86(35-21(44(79,80)81)29(53)26(50)18(32(35)56)41(70,71)72)36-22(45(82,83)84)30(54)27(51)19(33(36)57)42(73,74)75/h1-7H. The van der Waals surface area contributed by atoms with Gasteiger partial charge < -0.3 is 9.80 Å². The van der Waals surface area contributed by atoms with Crippen molar-refractivity contribution in [2.24, 2.45) is 0 Å². The summed E-state index contributed by atoms with van der Waals surface area (Å²) in [6, 6.07) is -7.81. The lowest BCUT2D eigenvalue weighted by Gasteiger charge is -2.33. The van der Waals surface area contributed by atoms with Crippen molar-refractivity contribution in [2.45, 2.75) is 55.6 Å². The number of alkyl halides is 27. The molecule has 0 aliphatic heterocycles. The van der Waals surface area contributed by atoms with E-state index in [1.807, 2.05) is 0 Å². The minimum atomic E-state index is -7.33. The van der Waals surface area contributed by atoms with Crippen molar-refractivity contribution in [1.82, 2.24) is 0 Å². The molecule has 86 heavy (non-hydrogen) atoms. The summed E-state index contributed by atoms with van der Waals surface area (Å²) in [6.45, 7) is 0. The van der Waals surface area contributed by atoms with Gasteiger partial charge in [-0.1, -0.05) is 12.1 Å². The molecule has 0 aromatic heterocycles. The van der Waals surface area contributed by atoms with Gasteiger partial charge in [0, 0.05) is 17.4 Å². The molecule has 0 radical (unpaired) electrons. The molecule has 2 nitrogen and oxygen atoms in total. The molecule has 0 spiro atoms. The van der Waals surface area contributed by atoms with Crippen LogP contribution in [-0.2, 0) is 55.6 Å². The Labute approximate surface area is 444 Å². The Morgan fingerprint density at radius 3 is 0.709 bits per heavy atom. The van der Waals surface area contributed by atoms with Crippen LogP contribution < -0.4 is 9.80 Å². The van der Waals surface area contributed by atoms with Gasteiger partial charge in [-0.05, 0) is 35.4 Å². The molecular weight excluding hydrogens is 1310 g/mol. The molecule has 6 rings (SSSR count). The first-order chi connectivity index (χ1) is 38.4. The van der Waals surface area contributed by atoms with Gasteiger partial charge in [-0.25, -0.2) is 52.7 Å². The van der Waals surface area contributed by atoms with Gasteiger partial charge in [0.15, 0.2) is 69.8 Å². The zero-order valence-corrected chi connectivity index (χ0v) is 38.7. The van der Waals surface area contributed by atoms with Gasteiger partial charge in [-0.2, -0.15) is 119 Å². The lowest BCUT2D eigenvalue weighted by Crippen LogP contribution is -2.29. The fourth-order valence-corrected chi connectivity index (χ4v) is 8.14. The molecule has 0 fully saturated rings. The average molecular weight is 1320 g/mol. The Hall–Kier alpha value is -7.81. The zero-order valence-electron chi connectivity index (χ0n) is 38.7. The van der Waals surface area contributed by atoms with E-state index in [0.29, 0.717) is 0 Å². The largest absolute Gasteiger partial charge is 0.422 e. The third-order valence-electron chi connectivity index (χ3n) is 11.3. The van der Waals surface area contributed by atoms with Crippen molar-refractivity contribution in [3.05, 3.63) is 162 Å². The number of halogens is 39. The Morgan fingerprint density at radius 2 is 0.453 bits per heavy atom. The molecule has 0 aliphatic carbocycles. The fraction of sp³-hybridized carbons (Fsp3) is 0.200. The molecule has 470 valence electrons. The Morgan fingerprint density at radius 1 is 0.221 bits per heavy atom. The van der Waals surface area contributed by atoms with Crippen LogP contribution in [-0.4, -0.2) is 0 Å². The smallest absolute Gasteiger partial charge is 0.304 e. The van der Waals surface area contributed by atoms with E-state index in [1.54, 1.807) is 0 Å². The predicted molar refractivity (Wildman–Crippen MR) is 206 cm³/mol. The summed E-state index contributed by atoms with van der Waals surface area (Å²) in [6.07, 6.45) is -63.6. The Balaban J connectivity index is 1.91. The first kappa shape index (κ1) is 67.3. The van der Waals surface area contributed by atoms with Crippen LogP contribution in [0.2, 0.25) is 0 Å². The van der Waals surface area contributed by atoms with Crippen molar-refractivity contribution >= 4 is 34.1 Å². The predicted octanol–water partition coefficient (Wildman–Crippen LogP) is 21.1. The lowest BCUT2D eigenvalue weighted by molar-refractivity contribution is -0.147. The Kier molecular flexibility index (Phi) is 16.4. The van der Waals surface area contributed by atoms with E-state index in [-0.39, 0.29) is 0 Å². The van der Waals surface area contributed by atoms with Gasteiger partial charge in [0.05, 0.1) is 33.9 Å². The molecule has 0 N–H and O–H groups in total. The second kappa shape index (κ2) is 21.0. The number of anilines is 6. The number of rotatable bonds is 7. The summed E-state index contributed by atoms with van der Waals surface area (Å²) in [7, 11) is 0. The molecule has 0 bridgehead atoms. The highest BCUT2D eigenvalue weighted by atomic mass is 19.4. The van der Waals surface area contributed by atoms with E-state index in [4.69, 9.17) is 0 Å². The van der Waals surface area contributed by atoms with Gasteiger partial charge in [0.25, 0.3) is 0 Å². The monoisotopic (exact) mass is 1320 g/mol. The molecular formula is C45H7F39N2. The molecule has 0 atom stereocenters. The summed E-state index contributed by atoms with van der Waals surface area (Å²) < 4.78 is 575. The molecule has 41 heteroatoms. The van der Waals surface area contributed by atoms with E-state index < -0.39 is 273 Å². The summed E-state index contributed by atoms with van der Waals surface area (Å²) in [5.74, 6) is -48.4. The van der Waals surface area contributed by atoms with E-state index in [9.17, 15) is 114 Å². The van der Waals surface area contributed by atoms with Crippen molar-refractivity contribution < 1.29 is 171 Å². The summed E-state index contributed by atoms with van der Waals surface area (Å²) in [4.78, 5) is -4.19. The number of nitrogens with zero attached hydrogens (tertiary/aromatic N) is 2. The SMILES string of the molecule is Fc1cc(N(c2ccc(-c3ccc(N(c4c(F)c(C(F)(F)F)c(F)c(F)c4C(F)(F)F)c4c(F)c(C(F)(F)F)c(F)c(F)c4C(F)(F)F)cc3C(F)(F)F)c(C(F)(F)F)c2)c2c(F)c(C(F)(F)F)c(F)c(F)c2C(F)(F)F)c(F)c(C(F)(F)F)c1F. The molecule has 0 saturated heterocycles. The Bertz CT molecular complexity index is 3620. The summed E-state index contributed by atoms with van der Waals surface area (Å²) in [5, 5.41) is 0. The van der Waals surface area contributed by atoms with Gasteiger partial charge in [-0.15, -0.1) is 0 Å². The number of hydrogen-bond acceptors (Lipinski definition) is 2. The van der Waals surface area contributed by atoms with Crippen LogP contribution in [0.5, 0.6) is 0 Å². The van der Waals surface area contributed by atoms with E-state index >= 15 is 57.1 Å². The average Bonchev–Trinajstić information content (AvgIpc) is 0.730. The van der Waals surface area contributed by atoms with Crippen LogP contribution in [0.3, 0.4) is 0 Å². The van der Waals surface area contributed by atoms with Crippen molar-refractivity contribution in [3.63, 3.8) is 0 Å². The van der Waals surface area contributed by atoms with Crippen LogP contribution >= 0.6 is 0 Å². The van der Waals surface area contributed by atoms with Crippen molar-refractivity contribution in [1.29, 1.82) is 0 Å². The minimum absolute atomic E-state index is 0.803. The van der Waals surface area contributed by atoms with E-state index in [0.717, 1.165) is 0 Å². The van der Waals surface area contributed by atoms with Crippen LogP contribution in [0, 0.1) is 69.8 Å². The third-order valence-corrected chi connectivity index (χ3v) is 11.3. The first-order valence-corrected chi connectivity index (χ1v) is 20.8. The highest BCUT2D eigenvalue weighted by Gasteiger charge is 2.55. The quantitative estimate of drug-likeness (QED) is 0.116. The molecule has 6 aromatic rings.